The molecule has 20 heavy (non-hydrogen) atoms. The Bertz CT molecular complexity index is 382. The lowest BCUT2D eigenvalue weighted by molar-refractivity contribution is -0.117. The third-order valence-electron chi connectivity index (χ3n) is 3.37. The van der Waals surface area contributed by atoms with Crippen molar-refractivity contribution in [3.8, 4) is 0 Å². The molecule has 114 valence electrons. The van der Waals surface area contributed by atoms with Gasteiger partial charge in [0, 0.05) is 12.5 Å². The van der Waals surface area contributed by atoms with E-state index in [1.54, 1.807) is 0 Å². The predicted molar refractivity (Wildman–Crippen MR) is 78.3 cm³/mol. The standard InChI is InChI=1S/C14H23ClN2O3/c1-14(2,3)20-13(19)17-8-9-4-6-10(7-5-9)11(18)12(15)16/h9-10,16H,4-8H2,1-3H3,(H,17,19). The number of ether oxygens (including phenoxy) is 1. The molecule has 0 aromatic carbocycles. The maximum absolute atomic E-state index is 11.6. The van der Waals surface area contributed by atoms with Gasteiger partial charge < -0.3 is 10.1 Å². The van der Waals surface area contributed by atoms with E-state index in [1.807, 2.05) is 20.8 Å². The smallest absolute Gasteiger partial charge is 0.407 e. The van der Waals surface area contributed by atoms with Gasteiger partial charge in [0.15, 0.2) is 11.0 Å². The highest BCUT2D eigenvalue weighted by atomic mass is 35.5. The molecule has 1 aliphatic carbocycles. The molecular weight excluding hydrogens is 280 g/mol. The second-order valence-electron chi connectivity index (χ2n) is 6.28. The first-order chi connectivity index (χ1) is 9.19. The lowest BCUT2D eigenvalue weighted by atomic mass is 9.80. The number of Topliss-reactive ketones (excluding diaryl/α,β-unsaturated/α-hetero) is 1. The highest BCUT2D eigenvalue weighted by Crippen LogP contribution is 2.29. The molecule has 0 aromatic heterocycles. The normalized spacial score (nSPS) is 23.0. The predicted octanol–water partition coefficient (Wildman–Crippen LogP) is 3.10. The Morgan fingerprint density at radius 1 is 1.25 bits per heavy atom. The van der Waals surface area contributed by atoms with Gasteiger partial charge in [0.25, 0.3) is 0 Å². The zero-order valence-electron chi connectivity index (χ0n) is 12.3. The summed E-state index contributed by atoms with van der Waals surface area (Å²) in [7, 11) is 0. The van der Waals surface area contributed by atoms with Crippen LogP contribution in [0.4, 0.5) is 4.79 Å². The van der Waals surface area contributed by atoms with Gasteiger partial charge in [-0.2, -0.15) is 0 Å². The van der Waals surface area contributed by atoms with Crippen LogP contribution in [-0.4, -0.2) is 29.2 Å². The molecule has 0 spiro atoms. The van der Waals surface area contributed by atoms with Crippen LogP contribution in [0.3, 0.4) is 0 Å². The van der Waals surface area contributed by atoms with Crippen molar-refractivity contribution in [2.75, 3.05) is 6.54 Å². The summed E-state index contributed by atoms with van der Waals surface area (Å²) >= 11 is 5.42. The maximum Gasteiger partial charge on any atom is 0.407 e. The van der Waals surface area contributed by atoms with Gasteiger partial charge in [-0.05, 0) is 52.4 Å². The van der Waals surface area contributed by atoms with Crippen molar-refractivity contribution in [2.24, 2.45) is 11.8 Å². The SMILES string of the molecule is CC(C)(C)OC(=O)NCC1CCC(C(=O)C(=N)Cl)CC1. The fraction of sp³-hybridized carbons (Fsp3) is 0.786. The minimum Gasteiger partial charge on any atom is -0.444 e. The van der Waals surface area contributed by atoms with Crippen LogP contribution in [0.5, 0.6) is 0 Å². The van der Waals surface area contributed by atoms with Crippen molar-refractivity contribution in [1.82, 2.24) is 5.32 Å². The minimum absolute atomic E-state index is 0.127. The number of nitrogens with one attached hydrogen (secondary N) is 2. The summed E-state index contributed by atoms with van der Waals surface area (Å²) in [5.41, 5.74) is -0.491. The Hall–Kier alpha value is -1.10. The number of amides is 1. The van der Waals surface area contributed by atoms with Gasteiger partial charge in [-0.3, -0.25) is 10.2 Å². The van der Waals surface area contributed by atoms with Crippen LogP contribution in [0, 0.1) is 17.2 Å². The van der Waals surface area contributed by atoms with Crippen LogP contribution in [0.15, 0.2) is 0 Å². The van der Waals surface area contributed by atoms with Crippen molar-refractivity contribution in [3.05, 3.63) is 0 Å². The van der Waals surface area contributed by atoms with Crippen LogP contribution in [-0.2, 0) is 9.53 Å². The summed E-state index contributed by atoms with van der Waals surface area (Å²) in [6.07, 6.45) is 2.77. The fourth-order valence-electron chi connectivity index (χ4n) is 2.35. The number of carbonyl (C=O) groups is 2. The van der Waals surface area contributed by atoms with Crippen LogP contribution >= 0.6 is 11.6 Å². The van der Waals surface area contributed by atoms with Crippen LogP contribution < -0.4 is 5.32 Å². The second-order valence-corrected chi connectivity index (χ2v) is 6.66. The highest BCUT2D eigenvalue weighted by Gasteiger charge is 2.28. The van der Waals surface area contributed by atoms with Crippen molar-refractivity contribution in [3.63, 3.8) is 0 Å². The second kappa shape index (κ2) is 7.07. The summed E-state index contributed by atoms with van der Waals surface area (Å²) in [6, 6.07) is 0. The molecule has 1 saturated carbocycles. The van der Waals surface area contributed by atoms with Crippen LogP contribution in [0.2, 0.25) is 0 Å². The van der Waals surface area contributed by atoms with Gasteiger partial charge in [-0.15, -0.1) is 0 Å². The average molecular weight is 303 g/mol. The molecule has 2 N–H and O–H groups in total. The Labute approximate surface area is 124 Å². The largest absolute Gasteiger partial charge is 0.444 e. The van der Waals surface area contributed by atoms with E-state index in [-0.39, 0.29) is 16.9 Å². The third-order valence-corrected chi connectivity index (χ3v) is 3.55. The molecule has 0 saturated heterocycles. The third kappa shape index (κ3) is 5.90. The van der Waals surface area contributed by atoms with E-state index in [4.69, 9.17) is 21.7 Å². The maximum atomic E-state index is 11.6. The fourth-order valence-corrected chi connectivity index (χ4v) is 2.50. The summed E-state index contributed by atoms with van der Waals surface area (Å²) in [4.78, 5) is 23.1. The van der Waals surface area contributed by atoms with E-state index in [2.05, 4.69) is 5.32 Å². The van der Waals surface area contributed by atoms with Gasteiger partial charge in [0.2, 0.25) is 0 Å². The number of rotatable bonds is 4. The average Bonchev–Trinajstić information content (AvgIpc) is 2.34. The van der Waals surface area contributed by atoms with E-state index >= 15 is 0 Å². The number of alkyl carbamates (subject to hydrolysis) is 1. The molecular formula is C14H23ClN2O3. The first kappa shape index (κ1) is 17.0. The first-order valence-corrected chi connectivity index (χ1v) is 7.32. The Kier molecular flexibility index (Phi) is 5.99. The van der Waals surface area contributed by atoms with Gasteiger partial charge in [0.05, 0.1) is 0 Å². The number of carbonyl (C=O) groups excluding carboxylic acids is 2. The molecule has 6 heteroatoms. The Balaban J connectivity index is 2.28. The lowest BCUT2D eigenvalue weighted by Crippen LogP contribution is -2.36. The number of halogens is 1. The molecule has 5 nitrogen and oxygen atoms in total. The molecule has 1 fully saturated rings. The highest BCUT2D eigenvalue weighted by molar-refractivity contribution is 6.82. The first-order valence-electron chi connectivity index (χ1n) is 6.94. The van der Waals surface area contributed by atoms with Gasteiger partial charge in [0.1, 0.15) is 5.60 Å². The van der Waals surface area contributed by atoms with Crippen molar-refractivity contribution < 1.29 is 14.3 Å². The van der Waals surface area contributed by atoms with Gasteiger partial charge in [-0.25, -0.2) is 4.79 Å². The van der Waals surface area contributed by atoms with Crippen LogP contribution in [0.1, 0.15) is 46.5 Å². The van der Waals surface area contributed by atoms with Crippen molar-refractivity contribution >= 4 is 28.6 Å². The molecule has 0 aromatic rings. The van der Waals surface area contributed by atoms with Crippen molar-refractivity contribution in [2.45, 2.75) is 52.1 Å². The van der Waals surface area contributed by atoms with E-state index in [1.165, 1.54) is 0 Å². The molecule has 1 rings (SSSR count). The molecule has 0 aliphatic heterocycles. The molecule has 0 atom stereocenters. The minimum atomic E-state index is -0.491. The zero-order valence-corrected chi connectivity index (χ0v) is 13.0. The van der Waals surface area contributed by atoms with E-state index in [9.17, 15) is 9.59 Å². The van der Waals surface area contributed by atoms with Crippen molar-refractivity contribution in [1.29, 1.82) is 5.41 Å². The quantitative estimate of drug-likeness (QED) is 0.783. The molecule has 1 amide bonds. The van der Waals surface area contributed by atoms with E-state index in [0.29, 0.717) is 12.5 Å². The summed E-state index contributed by atoms with van der Waals surface area (Å²) in [5.74, 6) is -0.0286. The zero-order chi connectivity index (χ0) is 15.3. The Morgan fingerprint density at radius 3 is 2.25 bits per heavy atom. The number of hydrogen-bond acceptors (Lipinski definition) is 4. The lowest BCUT2D eigenvalue weighted by Gasteiger charge is -2.27. The summed E-state index contributed by atoms with van der Waals surface area (Å²) in [5, 5.41) is 9.54. The monoisotopic (exact) mass is 302 g/mol. The van der Waals surface area contributed by atoms with E-state index in [0.717, 1.165) is 25.7 Å². The number of ketones is 1. The van der Waals surface area contributed by atoms with Crippen LogP contribution in [0.25, 0.3) is 0 Å². The summed E-state index contributed by atoms with van der Waals surface area (Å²) < 4.78 is 5.17. The van der Waals surface area contributed by atoms with E-state index < -0.39 is 11.7 Å². The topological polar surface area (TPSA) is 79.2 Å². The molecule has 0 bridgehead atoms. The Morgan fingerprint density at radius 2 is 1.80 bits per heavy atom. The summed E-state index contributed by atoms with van der Waals surface area (Å²) in [6.45, 7) is 6.04. The molecule has 0 unspecified atom stereocenters. The molecule has 1 aliphatic rings. The molecule has 0 heterocycles. The number of hydrogen-bond donors (Lipinski definition) is 2. The van der Waals surface area contributed by atoms with Gasteiger partial charge in [-0.1, -0.05) is 11.6 Å². The van der Waals surface area contributed by atoms with Gasteiger partial charge >= 0.3 is 6.09 Å². The molecule has 0 radical (unpaired) electrons.